The van der Waals surface area contributed by atoms with E-state index in [1.54, 1.807) is 25.3 Å². The zero-order chi connectivity index (χ0) is 20.1. The second kappa shape index (κ2) is 7.29. The van der Waals surface area contributed by atoms with Crippen LogP contribution in [-0.2, 0) is 41.2 Å². The topological polar surface area (TPSA) is 87.7 Å². The van der Waals surface area contributed by atoms with E-state index in [1.165, 1.54) is 33.6 Å². The van der Waals surface area contributed by atoms with Crippen LogP contribution in [-0.4, -0.2) is 16.0 Å². The zero-order valence-corrected chi connectivity index (χ0v) is 18.6. The maximum Gasteiger partial charge on any atom is 0.146 e. The van der Waals surface area contributed by atoms with E-state index >= 15 is 0 Å². The zero-order valence-electron chi connectivity index (χ0n) is 16.2. The number of nitrogens with two attached hydrogens (primary N) is 1. The summed E-state index contributed by atoms with van der Waals surface area (Å²) in [4.78, 5) is 0. The highest BCUT2D eigenvalue weighted by Gasteiger charge is 2.28. The summed E-state index contributed by atoms with van der Waals surface area (Å²) in [6.07, 6.45) is 6.31. The summed E-state index contributed by atoms with van der Waals surface area (Å²) >= 11 is 7.93. The molecular formula is C20H26ClN3O2S2. The van der Waals surface area contributed by atoms with Crippen LogP contribution in [0.25, 0.3) is 0 Å². The standard InChI is InChI=1S/C20H26ClN3O2S2/c1-20(2,25)12-9-17(27-10-12)28(22,26)24-11-23-19-15-7-3-5-13(15)18(21)14-6-4-8-16(14)19/h9-10,23,25H,3-8,11H2,1-2H3,(H2,22,24,26). The van der Waals surface area contributed by atoms with E-state index in [4.69, 9.17) is 16.7 Å². The average molecular weight is 440 g/mol. The van der Waals surface area contributed by atoms with Crippen LogP contribution in [0.3, 0.4) is 0 Å². The Hall–Kier alpha value is -1.12. The SMILES string of the molecule is CC(C)(O)c1csc(S(N)(=O)=NCNc2c3c(c(Cl)c4c2CCC4)CCC3)c1. The van der Waals surface area contributed by atoms with Crippen LogP contribution in [0.2, 0.25) is 5.02 Å². The van der Waals surface area contributed by atoms with Crippen molar-refractivity contribution >= 4 is 38.5 Å². The molecule has 1 aromatic carbocycles. The summed E-state index contributed by atoms with van der Waals surface area (Å²) in [7, 11) is -3.01. The summed E-state index contributed by atoms with van der Waals surface area (Å²) in [6.45, 7) is 3.57. The van der Waals surface area contributed by atoms with Crippen molar-refractivity contribution in [2.75, 3.05) is 12.0 Å². The third-order valence-corrected chi connectivity index (χ3v) is 9.04. The third kappa shape index (κ3) is 3.59. The number of fused-ring (bicyclic) bond motifs is 2. The van der Waals surface area contributed by atoms with Crippen molar-refractivity contribution in [1.29, 1.82) is 0 Å². The first kappa shape index (κ1) is 20.2. The van der Waals surface area contributed by atoms with Gasteiger partial charge in [0.05, 0.1) is 5.60 Å². The van der Waals surface area contributed by atoms with Gasteiger partial charge in [-0.05, 0) is 91.6 Å². The van der Waals surface area contributed by atoms with Crippen LogP contribution in [0, 0.1) is 0 Å². The molecule has 28 heavy (non-hydrogen) atoms. The van der Waals surface area contributed by atoms with Crippen molar-refractivity contribution in [1.82, 2.24) is 0 Å². The molecule has 0 spiro atoms. The first-order chi connectivity index (χ1) is 13.2. The highest BCUT2D eigenvalue weighted by atomic mass is 35.5. The van der Waals surface area contributed by atoms with Crippen LogP contribution >= 0.6 is 22.9 Å². The van der Waals surface area contributed by atoms with Crippen molar-refractivity contribution in [2.24, 2.45) is 9.50 Å². The molecular weight excluding hydrogens is 414 g/mol. The second-order valence-electron chi connectivity index (χ2n) is 8.06. The van der Waals surface area contributed by atoms with Crippen molar-refractivity contribution in [2.45, 2.75) is 62.2 Å². The van der Waals surface area contributed by atoms with Crippen LogP contribution in [0.4, 0.5) is 5.69 Å². The smallest absolute Gasteiger partial charge is 0.146 e. The van der Waals surface area contributed by atoms with E-state index in [0.29, 0.717) is 9.77 Å². The minimum atomic E-state index is -3.01. The van der Waals surface area contributed by atoms with Crippen LogP contribution < -0.4 is 10.5 Å². The van der Waals surface area contributed by atoms with Crippen LogP contribution in [0.1, 0.15) is 54.5 Å². The molecule has 4 rings (SSSR count). The molecule has 0 aliphatic heterocycles. The van der Waals surface area contributed by atoms with Gasteiger partial charge in [0.25, 0.3) is 0 Å². The van der Waals surface area contributed by atoms with E-state index in [-0.39, 0.29) is 6.67 Å². The van der Waals surface area contributed by atoms with Gasteiger partial charge in [0.2, 0.25) is 0 Å². The predicted molar refractivity (Wildman–Crippen MR) is 117 cm³/mol. The maximum atomic E-state index is 12.9. The number of nitrogens with one attached hydrogen (secondary N) is 1. The lowest BCUT2D eigenvalue weighted by atomic mass is 9.98. The molecule has 2 aromatic rings. The van der Waals surface area contributed by atoms with Crippen molar-refractivity contribution < 1.29 is 9.32 Å². The number of rotatable bonds is 5. The molecule has 1 heterocycles. The molecule has 1 atom stereocenters. The van der Waals surface area contributed by atoms with Gasteiger partial charge >= 0.3 is 0 Å². The lowest BCUT2D eigenvalue weighted by Gasteiger charge is -2.18. The number of benzene rings is 1. The number of nitrogens with zero attached hydrogens (tertiary/aromatic N) is 1. The van der Waals surface area contributed by atoms with Gasteiger partial charge < -0.3 is 10.4 Å². The Morgan fingerprint density at radius 1 is 1.21 bits per heavy atom. The van der Waals surface area contributed by atoms with Crippen molar-refractivity contribution in [3.05, 3.63) is 44.3 Å². The lowest BCUT2D eigenvalue weighted by Crippen LogP contribution is -2.16. The first-order valence-electron chi connectivity index (χ1n) is 9.59. The van der Waals surface area contributed by atoms with E-state index in [2.05, 4.69) is 9.68 Å². The summed E-state index contributed by atoms with van der Waals surface area (Å²) in [6, 6.07) is 1.69. The van der Waals surface area contributed by atoms with Gasteiger partial charge in [-0.2, -0.15) is 4.36 Å². The van der Waals surface area contributed by atoms with Gasteiger partial charge in [0.15, 0.2) is 0 Å². The largest absolute Gasteiger partial charge is 0.386 e. The molecule has 152 valence electrons. The Kier molecular flexibility index (Phi) is 5.25. The third-order valence-electron chi connectivity index (χ3n) is 5.65. The molecule has 0 saturated heterocycles. The fraction of sp³-hybridized carbons (Fsp3) is 0.500. The summed E-state index contributed by atoms with van der Waals surface area (Å²) < 4.78 is 17.7. The molecule has 2 aliphatic rings. The van der Waals surface area contributed by atoms with Gasteiger partial charge in [-0.3, -0.25) is 0 Å². The Morgan fingerprint density at radius 3 is 2.32 bits per heavy atom. The minimum absolute atomic E-state index is 0.186. The lowest BCUT2D eigenvalue weighted by molar-refractivity contribution is 0.0789. The van der Waals surface area contributed by atoms with E-state index in [1.807, 2.05) is 0 Å². The number of hydrogen-bond acceptors (Lipinski definition) is 5. The predicted octanol–water partition coefficient (Wildman–Crippen LogP) is 4.38. The Labute approximate surface area is 175 Å². The van der Waals surface area contributed by atoms with Gasteiger partial charge in [0, 0.05) is 10.7 Å². The molecule has 2 aliphatic carbocycles. The van der Waals surface area contributed by atoms with E-state index in [0.717, 1.165) is 49.2 Å². The van der Waals surface area contributed by atoms with Crippen molar-refractivity contribution in [3.8, 4) is 0 Å². The minimum Gasteiger partial charge on any atom is -0.386 e. The number of aliphatic hydroxyl groups is 1. The van der Waals surface area contributed by atoms with Crippen molar-refractivity contribution in [3.63, 3.8) is 0 Å². The molecule has 0 radical (unpaired) electrons. The summed E-state index contributed by atoms with van der Waals surface area (Å²) in [5.74, 6) is 0. The molecule has 8 heteroatoms. The molecule has 1 aromatic heterocycles. The molecule has 0 saturated carbocycles. The number of hydrogen-bond donors (Lipinski definition) is 3. The fourth-order valence-electron chi connectivity index (χ4n) is 4.16. The first-order valence-corrected chi connectivity index (χ1v) is 12.4. The number of anilines is 1. The quantitative estimate of drug-likeness (QED) is 0.646. The Bertz CT molecular complexity index is 1010. The average Bonchev–Trinajstić information content (AvgIpc) is 3.37. The highest BCUT2D eigenvalue weighted by molar-refractivity contribution is 7.93. The fourth-order valence-corrected chi connectivity index (χ4v) is 6.91. The Balaban J connectivity index is 1.60. The van der Waals surface area contributed by atoms with Gasteiger partial charge in [-0.1, -0.05) is 11.6 Å². The Morgan fingerprint density at radius 2 is 1.79 bits per heavy atom. The molecule has 5 nitrogen and oxygen atoms in total. The normalized spacial score (nSPS) is 17.9. The molecule has 4 N–H and O–H groups in total. The van der Waals surface area contributed by atoms with Crippen LogP contribution in [0.15, 0.2) is 20.0 Å². The second-order valence-corrected chi connectivity index (χ2v) is 11.4. The van der Waals surface area contributed by atoms with E-state index in [9.17, 15) is 9.32 Å². The molecule has 0 amide bonds. The number of thiophene rings is 1. The summed E-state index contributed by atoms with van der Waals surface area (Å²) in [5, 5.41) is 22.3. The van der Waals surface area contributed by atoms with Gasteiger partial charge in [0.1, 0.15) is 20.8 Å². The van der Waals surface area contributed by atoms with E-state index < -0.39 is 15.5 Å². The molecule has 0 bridgehead atoms. The molecule has 0 fully saturated rings. The summed E-state index contributed by atoms with van der Waals surface area (Å²) in [5.41, 5.74) is 5.97. The molecule has 1 unspecified atom stereocenters. The van der Waals surface area contributed by atoms with Gasteiger partial charge in [-0.15, -0.1) is 11.3 Å². The number of halogens is 1. The highest BCUT2D eigenvalue weighted by Crippen LogP contribution is 2.44. The van der Waals surface area contributed by atoms with Gasteiger partial charge in [-0.25, -0.2) is 9.35 Å². The monoisotopic (exact) mass is 439 g/mol. The van der Waals surface area contributed by atoms with Crippen LogP contribution in [0.5, 0.6) is 0 Å². The maximum absolute atomic E-state index is 12.9.